The number of carbonyl (C=O) groups is 1. The second-order valence-corrected chi connectivity index (χ2v) is 7.65. The van der Waals surface area contributed by atoms with Crippen LogP contribution in [0.2, 0.25) is 5.02 Å². The van der Waals surface area contributed by atoms with E-state index in [2.05, 4.69) is 15.5 Å². The Morgan fingerprint density at radius 3 is 2.45 bits per heavy atom. The van der Waals surface area contributed by atoms with E-state index in [4.69, 9.17) is 16.3 Å². The van der Waals surface area contributed by atoms with Crippen LogP contribution < -0.4 is 10.1 Å². The van der Waals surface area contributed by atoms with Gasteiger partial charge in [-0.15, -0.1) is 10.2 Å². The van der Waals surface area contributed by atoms with Crippen LogP contribution in [0.4, 0.5) is 18.9 Å². The maximum atomic E-state index is 12.8. The van der Waals surface area contributed by atoms with Crippen molar-refractivity contribution in [1.82, 2.24) is 10.2 Å². The fourth-order valence-corrected chi connectivity index (χ4v) is 3.34. The van der Waals surface area contributed by atoms with Crippen LogP contribution in [0.1, 0.15) is 12.5 Å². The van der Waals surface area contributed by atoms with Gasteiger partial charge in [0.05, 0.1) is 34.3 Å². The van der Waals surface area contributed by atoms with Gasteiger partial charge in [0.1, 0.15) is 10.8 Å². The highest BCUT2D eigenvalue weighted by Crippen LogP contribution is 2.34. The van der Waals surface area contributed by atoms with Gasteiger partial charge in [-0.25, -0.2) is 0 Å². The molecule has 3 rings (SSSR count). The minimum atomic E-state index is -4.53. The van der Waals surface area contributed by atoms with Gasteiger partial charge in [0, 0.05) is 5.56 Å². The van der Waals surface area contributed by atoms with Gasteiger partial charge in [-0.2, -0.15) is 13.2 Å². The van der Waals surface area contributed by atoms with Crippen molar-refractivity contribution in [2.45, 2.75) is 18.1 Å². The molecule has 0 bridgehead atoms. The van der Waals surface area contributed by atoms with Crippen LogP contribution in [0, 0.1) is 0 Å². The average Bonchev–Trinajstić information content (AvgIpc) is 2.74. The van der Waals surface area contributed by atoms with Crippen molar-refractivity contribution in [3.63, 3.8) is 0 Å². The van der Waals surface area contributed by atoms with Crippen molar-refractivity contribution in [2.75, 3.05) is 17.7 Å². The zero-order chi connectivity index (χ0) is 22.4. The molecule has 0 spiro atoms. The highest BCUT2D eigenvalue weighted by Gasteiger charge is 2.31. The third-order valence-corrected chi connectivity index (χ3v) is 5.27. The number of amides is 1. The summed E-state index contributed by atoms with van der Waals surface area (Å²) in [5, 5.41) is 11.1. The van der Waals surface area contributed by atoms with E-state index in [9.17, 15) is 18.0 Å². The molecule has 0 saturated heterocycles. The second-order valence-electron chi connectivity index (χ2n) is 6.24. The fraction of sp³-hybridized carbons (Fsp3) is 0.190. The molecule has 10 heteroatoms. The van der Waals surface area contributed by atoms with Gasteiger partial charge in [-0.05, 0) is 61.5 Å². The van der Waals surface area contributed by atoms with Gasteiger partial charge in [0.25, 0.3) is 0 Å². The Bertz CT molecular complexity index is 1050. The molecule has 0 aliphatic rings. The summed E-state index contributed by atoms with van der Waals surface area (Å²) in [7, 11) is 0. The van der Waals surface area contributed by atoms with Crippen LogP contribution in [-0.4, -0.2) is 28.5 Å². The summed E-state index contributed by atoms with van der Waals surface area (Å²) in [5.74, 6) is 0.186. The van der Waals surface area contributed by atoms with Gasteiger partial charge in [0.2, 0.25) is 5.91 Å². The van der Waals surface area contributed by atoms with Crippen LogP contribution in [0.15, 0.2) is 59.6 Å². The van der Waals surface area contributed by atoms with E-state index >= 15 is 0 Å². The molecule has 1 aromatic heterocycles. The first-order valence-corrected chi connectivity index (χ1v) is 10.5. The van der Waals surface area contributed by atoms with E-state index in [-0.39, 0.29) is 16.5 Å². The maximum Gasteiger partial charge on any atom is 0.416 e. The largest absolute Gasteiger partial charge is 0.494 e. The summed E-state index contributed by atoms with van der Waals surface area (Å²) < 4.78 is 43.9. The molecule has 3 aromatic rings. The lowest BCUT2D eigenvalue weighted by atomic mass is 10.1. The minimum absolute atomic E-state index is 0.0193. The number of aromatic nitrogens is 2. The Labute approximate surface area is 186 Å². The summed E-state index contributed by atoms with van der Waals surface area (Å²) in [6.45, 7) is 2.49. The Balaban J connectivity index is 1.58. The Morgan fingerprint density at radius 2 is 1.84 bits per heavy atom. The summed E-state index contributed by atoms with van der Waals surface area (Å²) in [6, 6.07) is 13.7. The molecule has 5 nitrogen and oxygen atoms in total. The molecular formula is C21H17ClF3N3O2S. The average molecular weight is 468 g/mol. The molecule has 1 N–H and O–H groups in total. The smallest absolute Gasteiger partial charge is 0.416 e. The van der Waals surface area contributed by atoms with Gasteiger partial charge in [0.15, 0.2) is 0 Å². The van der Waals surface area contributed by atoms with Crippen molar-refractivity contribution >= 4 is 35.0 Å². The van der Waals surface area contributed by atoms with E-state index in [0.717, 1.165) is 41.3 Å². The van der Waals surface area contributed by atoms with Crippen LogP contribution in [-0.2, 0) is 11.0 Å². The van der Waals surface area contributed by atoms with Gasteiger partial charge < -0.3 is 10.1 Å². The zero-order valence-corrected chi connectivity index (χ0v) is 17.8. The first-order valence-electron chi connectivity index (χ1n) is 9.12. The molecule has 31 heavy (non-hydrogen) atoms. The number of thioether (sulfide) groups is 1. The number of ether oxygens (including phenoxy) is 1. The van der Waals surface area contributed by atoms with E-state index in [1.807, 2.05) is 31.2 Å². The molecule has 0 saturated carbocycles. The Hall–Kier alpha value is -2.78. The van der Waals surface area contributed by atoms with Gasteiger partial charge in [-0.3, -0.25) is 4.79 Å². The molecule has 1 heterocycles. The second kappa shape index (κ2) is 10.0. The summed E-state index contributed by atoms with van der Waals surface area (Å²) in [4.78, 5) is 12.1. The number of nitrogens with one attached hydrogen (secondary N) is 1. The normalized spacial score (nSPS) is 11.3. The van der Waals surface area contributed by atoms with Gasteiger partial charge in [-0.1, -0.05) is 23.4 Å². The molecular weight excluding hydrogens is 451 g/mol. The fourth-order valence-electron chi connectivity index (χ4n) is 2.56. The molecule has 1 amide bonds. The molecule has 0 aliphatic heterocycles. The molecule has 0 atom stereocenters. The highest BCUT2D eigenvalue weighted by molar-refractivity contribution is 7.99. The summed E-state index contributed by atoms with van der Waals surface area (Å²) in [6.07, 6.45) is -4.53. The lowest BCUT2D eigenvalue weighted by Gasteiger charge is -2.11. The number of benzene rings is 2. The first-order chi connectivity index (χ1) is 14.8. The molecule has 0 aliphatic carbocycles. The van der Waals surface area contributed by atoms with Gasteiger partial charge >= 0.3 is 6.18 Å². The number of carbonyl (C=O) groups excluding carboxylic acids is 1. The van der Waals surface area contributed by atoms with E-state index < -0.39 is 17.6 Å². The lowest BCUT2D eigenvalue weighted by molar-refractivity contribution is -0.137. The number of hydrogen-bond donors (Lipinski definition) is 1. The standard InChI is InChI=1S/C21H17ClF3N3O2S/c1-2-30-15-6-3-13(4-7-15)17-9-10-20(28-27-17)31-12-19(29)26-18-11-14(21(23,24)25)5-8-16(18)22/h3-11H,2,12H2,1H3,(H,26,29). The third kappa shape index (κ3) is 6.35. The number of rotatable bonds is 7. The lowest BCUT2D eigenvalue weighted by Crippen LogP contribution is -2.15. The quantitative estimate of drug-likeness (QED) is 0.435. The maximum absolute atomic E-state index is 12.8. The topological polar surface area (TPSA) is 64.1 Å². The third-order valence-electron chi connectivity index (χ3n) is 4.02. The van der Waals surface area contributed by atoms with Crippen molar-refractivity contribution in [3.05, 3.63) is 65.2 Å². The predicted molar refractivity (Wildman–Crippen MR) is 114 cm³/mol. The molecule has 0 unspecified atom stereocenters. The first kappa shape index (κ1) is 22.9. The highest BCUT2D eigenvalue weighted by atomic mass is 35.5. The minimum Gasteiger partial charge on any atom is -0.494 e. The zero-order valence-electron chi connectivity index (χ0n) is 16.2. The molecule has 0 radical (unpaired) electrons. The predicted octanol–water partition coefficient (Wildman–Crippen LogP) is 5.95. The monoisotopic (exact) mass is 467 g/mol. The van der Waals surface area contributed by atoms with Crippen molar-refractivity contribution < 1.29 is 22.7 Å². The van der Waals surface area contributed by atoms with Crippen molar-refractivity contribution in [2.24, 2.45) is 0 Å². The molecule has 0 fully saturated rings. The van der Waals surface area contributed by atoms with E-state index in [1.54, 1.807) is 12.1 Å². The summed E-state index contributed by atoms with van der Waals surface area (Å²) in [5.41, 5.74) is 0.534. The summed E-state index contributed by atoms with van der Waals surface area (Å²) >= 11 is 7.00. The number of alkyl halides is 3. The Kier molecular flexibility index (Phi) is 7.40. The molecule has 162 valence electrons. The number of nitrogens with zero attached hydrogens (tertiary/aromatic N) is 2. The van der Waals surface area contributed by atoms with Crippen LogP contribution in [0.25, 0.3) is 11.3 Å². The molecule has 2 aromatic carbocycles. The number of halogens is 4. The van der Waals surface area contributed by atoms with Crippen molar-refractivity contribution in [1.29, 1.82) is 0 Å². The number of hydrogen-bond acceptors (Lipinski definition) is 5. The SMILES string of the molecule is CCOc1ccc(-c2ccc(SCC(=O)Nc3cc(C(F)(F)F)ccc3Cl)nn2)cc1. The van der Waals surface area contributed by atoms with Crippen LogP contribution in [0.5, 0.6) is 5.75 Å². The van der Waals surface area contributed by atoms with Crippen LogP contribution in [0.3, 0.4) is 0 Å². The van der Waals surface area contributed by atoms with E-state index in [0.29, 0.717) is 17.3 Å². The van der Waals surface area contributed by atoms with Crippen molar-refractivity contribution in [3.8, 4) is 17.0 Å². The number of anilines is 1. The van der Waals surface area contributed by atoms with Crippen LogP contribution >= 0.6 is 23.4 Å². The Morgan fingerprint density at radius 1 is 1.10 bits per heavy atom. The van der Waals surface area contributed by atoms with E-state index in [1.165, 1.54) is 0 Å².